The number of rotatable bonds is 7. The summed E-state index contributed by atoms with van der Waals surface area (Å²) in [6.07, 6.45) is -0.769. The van der Waals surface area contributed by atoms with Crippen molar-refractivity contribution in [2.24, 2.45) is 0 Å². The molecule has 2 aromatic carbocycles. The van der Waals surface area contributed by atoms with Crippen molar-refractivity contribution < 1.29 is 9.53 Å². The van der Waals surface area contributed by atoms with Crippen LogP contribution in [0.3, 0.4) is 0 Å². The van der Waals surface area contributed by atoms with Crippen LogP contribution in [0.2, 0.25) is 10.0 Å². The number of aromatic nitrogens is 2. The van der Waals surface area contributed by atoms with E-state index in [1.165, 1.54) is 10.7 Å². The van der Waals surface area contributed by atoms with E-state index in [2.05, 4.69) is 10.4 Å². The lowest BCUT2D eigenvalue weighted by atomic mass is 10.1. The van der Waals surface area contributed by atoms with Crippen LogP contribution in [0, 0.1) is 0 Å². The van der Waals surface area contributed by atoms with Crippen molar-refractivity contribution in [1.29, 1.82) is 0 Å². The van der Waals surface area contributed by atoms with Gasteiger partial charge in [0, 0.05) is 23.2 Å². The molecule has 0 aliphatic heterocycles. The van der Waals surface area contributed by atoms with Gasteiger partial charge in [0.05, 0.1) is 17.3 Å². The summed E-state index contributed by atoms with van der Waals surface area (Å²) in [4.78, 5) is 24.3. The molecule has 1 unspecified atom stereocenters. The van der Waals surface area contributed by atoms with E-state index >= 15 is 0 Å². The Morgan fingerprint density at radius 2 is 1.90 bits per heavy atom. The predicted molar refractivity (Wildman–Crippen MR) is 113 cm³/mol. The van der Waals surface area contributed by atoms with E-state index in [0.717, 1.165) is 5.56 Å². The normalized spacial score (nSPS) is 11.7. The number of halogens is 2. The molecule has 29 heavy (non-hydrogen) atoms. The van der Waals surface area contributed by atoms with Crippen LogP contribution in [-0.2, 0) is 11.3 Å². The minimum Gasteiger partial charge on any atom is -0.479 e. The lowest BCUT2D eigenvalue weighted by Crippen LogP contribution is -2.39. The van der Waals surface area contributed by atoms with Crippen LogP contribution in [0.5, 0.6) is 5.75 Å². The molecule has 0 spiro atoms. The zero-order valence-electron chi connectivity index (χ0n) is 15.6. The van der Waals surface area contributed by atoms with Crippen LogP contribution in [0.25, 0.3) is 11.3 Å². The highest BCUT2D eigenvalue weighted by Crippen LogP contribution is 2.28. The second-order valence-corrected chi connectivity index (χ2v) is 7.12. The molecule has 0 radical (unpaired) electrons. The average molecular weight is 432 g/mol. The van der Waals surface area contributed by atoms with E-state index in [1.807, 2.05) is 30.3 Å². The molecule has 3 rings (SSSR count). The van der Waals surface area contributed by atoms with Crippen molar-refractivity contribution in [2.75, 3.05) is 6.54 Å². The third-order valence-corrected chi connectivity index (χ3v) is 4.66. The Bertz CT molecular complexity index is 1050. The fraction of sp³-hybridized carbons (Fsp3) is 0.190. The van der Waals surface area contributed by atoms with Crippen LogP contribution in [0.4, 0.5) is 0 Å². The van der Waals surface area contributed by atoms with E-state index in [1.54, 1.807) is 31.2 Å². The number of hydrogen-bond acceptors (Lipinski definition) is 4. The molecule has 0 bridgehead atoms. The van der Waals surface area contributed by atoms with Crippen LogP contribution in [-0.4, -0.2) is 28.3 Å². The fourth-order valence-corrected chi connectivity index (χ4v) is 3.07. The number of amides is 1. The van der Waals surface area contributed by atoms with Gasteiger partial charge >= 0.3 is 0 Å². The summed E-state index contributed by atoms with van der Waals surface area (Å²) in [5.74, 6) is 0.0374. The first-order valence-electron chi connectivity index (χ1n) is 8.97. The molecular weight excluding hydrogens is 413 g/mol. The minimum atomic E-state index is -0.769. The molecule has 0 aliphatic carbocycles. The smallest absolute Gasteiger partial charge is 0.266 e. The molecule has 0 saturated heterocycles. The number of carbonyl (C=O) groups excluding carboxylic acids is 1. The quantitative estimate of drug-likeness (QED) is 0.617. The summed E-state index contributed by atoms with van der Waals surface area (Å²) in [5.41, 5.74) is 1.36. The molecule has 1 N–H and O–H groups in total. The van der Waals surface area contributed by atoms with E-state index < -0.39 is 6.10 Å². The zero-order valence-corrected chi connectivity index (χ0v) is 17.2. The zero-order chi connectivity index (χ0) is 20.8. The van der Waals surface area contributed by atoms with Gasteiger partial charge in [0.2, 0.25) is 0 Å². The highest BCUT2D eigenvalue weighted by molar-refractivity contribution is 6.35. The Morgan fingerprint density at radius 3 is 2.62 bits per heavy atom. The maximum Gasteiger partial charge on any atom is 0.266 e. The second-order valence-electron chi connectivity index (χ2n) is 6.27. The predicted octanol–water partition coefficient (Wildman–Crippen LogP) is 3.80. The molecular formula is C21H19Cl2N3O3. The van der Waals surface area contributed by atoms with E-state index in [4.69, 9.17) is 27.9 Å². The number of nitrogens with one attached hydrogen (secondary N) is 1. The van der Waals surface area contributed by atoms with Crippen molar-refractivity contribution >= 4 is 29.1 Å². The van der Waals surface area contributed by atoms with Crippen molar-refractivity contribution in [3.8, 4) is 17.0 Å². The summed E-state index contributed by atoms with van der Waals surface area (Å²) in [7, 11) is 0. The van der Waals surface area contributed by atoms with Gasteiger partial charge in [-0.3, -0.25) is 9.59 Å². The van der Waals surface area contributed by atoms with Gasteiger partial charge in [-0.15, -0.1) is 0 Å². The van der Waals surface area contributed by atoms with Gasteiger partial charge in [-0.05, 0) is 31.2 Å². The van der Waals surface area contributed by atoms with Gasteiger partial charge in [-0.1, -0.05) is 53.5 Å². The highest BCUT2D eigenvalue weighted by Gasteiger charge is 2.16. The number of nitrogens with zero attached hydrogens (tertiary/aromatic N) is 2. The van der Waals surface area contributed by atoms with Gasteiger partial charge in [-0.2, -0.15) is 5.10 Å². The van der Waals surface area contributed by atoms with Crippen LogP contribution < -0.4 is 15.6 Å². The third kappa shape index (κ3) is 5.59. The molecule has 150 valence electrons. The Morgan fingerprint density at radius 1 is 1.14 bits per heavy atom. The van der Waals surface area contributed by atoms with E-state index in [0.29, 0.717) is 21.5 Å². The molecule has 1 amide bonds. The van der Waals surface area contributed by atoms with Crippen molar-refractivity contribution in [3.05, 3.63) is 81.1 Å². The molecule has 1 atom stereocenters. The monoisotopic (exact) mass is 431 g/mol. The van der Waals surface area contributed by atoms with Crippen molar-refractivity contribution in [2.45, 2.75) is 19.6 Å². The Labute approximate surface area is 178 Å². The number of benzene rings is 2. The number of carbonyl (C=O) groups is 1. The van der Waals surface area contributed by atoms with Gasteiger partial charge in [-0.25, -0.2) is 4.68 Å². The molecule has 3 aromatic rings. The van der Waals surface area contributed by atoms with Crippen molar-refractivity contribution in [1.82, 2.24) is 15.1 Å². The SMILES string of the molecule is CC(Oc1ccc(Cl)cc1Cl)C(=O)NCCn1nc(-c2ccccc2)ccc1=O. The first kappa shape index (κ1) is 20.9. The van der Waals surface area contributed by atoms with Crippen LogP contribution in [0.15, 0.2) is 65.5 Å². The molecule has 1 aromatic heterocycles. The minimum absolute atomic E-state index is 0.228. The number of ether oxygens (including phenoxy) is 1. The van der Waals surface area contributed by atoms with Crippen molar-refractivity contribution in [3.63, 3.8) is 0 Å². The summed E-state index contributed by atoms with van der Waals surface area (Å²) in [6.45, 7) is 2.08. The summed E-state index contributed by atoms with van der Waals surface area (Å²) < 4.78 is 6.90. The van der Waals surface area contributed by atoms with Crippen LogP contribution >= 0.6 is 23.2 Å². The molecule has 1 heterocycles. The lowest BCUT2D eigenvalue weighted by Gasteiger charge is -2.16. The Balaban J connectivity index is 1.58. The Kier molecular flexibility index (Phi) is 6.90. The summed E-state index contributed by atoms with van der Waals surface area (Å²) in [6, 6.07) is 17.5. The van der Waals surface area contributed by atoms with Gasteiger partial charge < -0.3 is 10.1 Å². The maximum atomic E-state index is 12.3. The molecule has 6 nitrogen and oxygen atoms in total. The fourth-order valence-electron chi connectivity index (χ4n) is 2.62. The molecule has 8 heteroatoms. The largest absolute Gasteiger partial charge is 0.479 e. The third-order valence-electron chi connectivity index (χ3n) is 4.13. The average Bonchev–Trinajstić information content (AvgIpc) is 2.72. The number of hydrogen-bond donors (Lipinski definition) is 1. The molecule has 0 saturated carbocycles. The Hall–Kier alpha value is -2.83. The van der Waals surface area contributed by atoms with Gasteiger partial charge in [0.25, 0.3) is 11.5 Å². The second kappa shape index (κ2) is 9.58. The van der Waals surface area contributed by atoms with E-state index in [9.17, 15) is 9.59 Å². The first-order chi connectivity index (χ1) is 13.9. The topological polar surface area (TPSA) is 73.2 Å². The standard InChI is InChI=1S/C21H19Cl2N3O3/c1-14(29-19-9-7-16(22)13-17(19)23)21(28)24-11-12-26-20(27)10-8-18(25-26)15-5-3-2-4-6-15/h2-10,13-14H,11-12H2,1H3,(H,24,28). The van der Waals surface area contributed by atoms with E-state index in [-0.39, 0.29) is 24.6 Å². The summed E-state index contributed by atoms with van der Waals surface area (Å²) in [5, 5.41) is 7.91. The summed E-state index contributed by atoms with van der Waals surface area (Å²) >= 11 is 11.9. The maximum absolute atomic E-state index is 12.3. The van der Waals surface area contributed by atoms with Gasteiger partial charge in [0.15, 0.2) is 6.10 Å². The van der Waals surface area contributed by atoms with Gasteiger partial charge in [0.1, 0.15) is 5.75 Å². The molecule has 0 fully saturated rings. The molecule has 0 aliphatic rings. The van der Waals surface area contributed by atoms with Crippen LogP contribution in [0.1, 0.15) is 6.92 Å². The lowest BCUT2D eigenvalue weighted by molar-refractivity contribution is -0.127. The first-order valence-corrected chi connectivity index (χ1v) is 9.72. The highest BCUT2D eigenvalue weighted by atomic mass is 35.5.